The number of hydrogen-bond donors (Lipinski definition) is 2. The number of rotatable bonds is 7. The number of nitrogens with one attached hydrogen (secondary N) is 2. The van der Waals surface area contributed by atoms with Crippen LogP contribution in [0, 0.1) is 0 Å². The van der Waals surface area contributed by atoms with E-state index in [1.165, 1.54) is 4.88 Å². The molecule has 4 nitrogen and oxygen atoms in total. The number of fused-ring (bicyclic) bond motifs is 1. The first-order valence-corrected chi connectivity index (χ1v) is 12.9. The molecule has 35 heavy (non-hydrogen) atoms. The van der Waals surface area contributed by atoms with Crippen LogP contribution < -0.4 is 10.6 Å². The van der Waals surface area contributed by atoms with Gasteiger partial charge in [-0.1, -0.05) is 91.0 Å². The first-order valence-electron chi connectivity index (χ1n) is 12.1. The second kappa shape index (κ2) is 10.7. The van der Waals surface area contributed by atoms with Crippen molar-refractivity contribution in [3.63, 3.8) is 0 Å². The van der Waals surface area contributed by atoms with Gasteiger partial charge < -0.3 is 10.6 Å². The molecule has 0 fully saturated rings. The number of thiophene rings is 1. The minimum Gasteiger partial charge on any atom is -0.348 e. The topological polar surface area (TPSA) is 58.2 Å². The summed E-state index contributed by atoms with van der Waals surface area (Å²) in [6.45, 7) is 0.453. The lowest BCUT2D eigenvalue weighted by Gasteiger charge is -2.18. The predicted octanol–water partition coefficient (Wildman–Crippen LogP) is 6.33. The lowest BCUT2D eigenvalue weighted by Crippen LogP contribution is -2.27. The largest absolute Gasteiger partial charge is 0.348 e. The highest BCUT2D eigenvalue weighted by Crippen LogP contribution is 2.39. The molecule has 0 unspecified atom stereocenters. The molecule has 2 N–H and O–H groups in total. The molecule has 1 aromatic heterocycles. The molecule has 4 aromatic rings. The fraction of sp³-hybridized carbons (Fsp3) is 0.200. The van der Waals surface area contributed by atoms with Crippen molar-refractivity contribution in [2.75, 3.05) is 5.32 Å². The lowest BCUT2D eigenvalue weighted by molar-refractivity contribution is -0.116. The Labute approximate surface area is 210 Å². The highest BCUT2D eigenvalue weighted by Gasteiger charge is 2.29. The molecular weight excluding hydrogens is 452 g/mol. The number of anilines is 1. The normalized spacial score (nSPS) is 12.7. The summed E-state index contributed by atoms with van der Waals surface area (Å²) in [5, 5.41) is 6.89. The second-order valence-corrected chi connectivity index (χ2v) is 9.93. The third-order valence-corrected chi connectivity index (χ3v) is 7.67. The molecule has 0 saturated heterocycles. The molecule has 0 atom stereocenters. The summed E-state index contributed by atoms with van der Waals surface area (Å²) in [6, 6.07) is 29.5. The van der Waals surface area contributed by atoms with Gasteiger partial charge in [-0.15, -0.1) is 11.3 Å². The van der Waals surface area contributed by atoms with Crippen LogP contribution in [0.5, 0.6) is 0 Å². The molecule has 5 heteroatoms. The standard InChI is InChI=1S/C30H28N2O2S/c33-28(31-20-21-12-4-1-5-13-21)27-24-18-10-11-19-25(24)35-30(27)32-29(34)26(22-14-6-2-7-15-22)23-16-8-3-9-17-23/h1-9,12-17,26H,10-11,18-20H2,(H,31,33)(H,32,34). The highest BCUT2D eigenvalue weighted by atomic mass is 32.1. The molecule has 0 radical (unpaired) electrons. The van der Waals surface area contributed by atoms with Crippen LogP contribution in [0.4, 0.5) is 5.00 Å². The monoisotopic (exact) mass is 480 g/mol. The molecule has 1 aliphatic carbocycles. The molecule has 1 aliphatic rings. The second-order valence-electron chi connectivity index (χ2n) is 8.83. The lowest BCUT2D eigenvalue weighted by atomic mass is 9.90. The zero-order chi connectivity index (χ0) is 24.0. The number of carbonyl (C=O) groups excluding carboxylic acids is 2. The summed E-state index contributed by atoms with van der Waals surface area (Å²) in [5.74, 6) is -0.714. The first kappa shape index (κ1) is 23.1. The van der Waals surface area contributed by atoms with Crippen molar-refractivity contribution in [3.05, 3.63) is 124 Å². The predicted molar refractivity (Wildman–Crippen MR) is 142 cm³/mol. The van der Waals surface area contributed by atoms with Gasteiger partial charge in [-0.2, -0.15) is 0 Å². The Bertz CT molecular complexity index is 1260. The smallest absolute Gasteiger partial charge is 0.254 e. The van der Waals surface area contributed by atoms with E-state index in [2.05, 4.69) is 10.6 Å². The maximum atomic E-state index is 13.7. The van der Waals surface area contributed by atoms with Crippen molar-refractivity contribution >= 4 is 28.2 Å². The average Bonchev–Trinajstić information content (AvgIpc) is 3.27. The van der Waals surface area contributed by atoms with E-state index >= 15 is 0 Å². The molecule has 1 heterocycles. The van der Waals surface area contributed by atoms with Crippen molar-refractivity contribution in [2.24, 2.45) is 0 Å². The van der Waals surface area contributed by atoms with Crippen LogP contribution in [-0.4, -0.2) is 11.8 Å². The number of amides is 2. The third kappa shape index (κ3) is 5.20. The molecule has 2 amide bonds. The van der Waals surface area contributed by atoms with Gasteiger partial charge in [0.2, 0.25) is 5.91 Å². The van der Waals surface area contributed by atoms with Crippen LogP contribution in [0.25, 0.3) is 0 Å². The summed E-state index contributed by atoms with van der Waals surface area (Å²) in [7, 11) is 0. The van der Waals surface area contributed by atoms with E-state index in [4.69, 9.17) is 0 Å². The first-order chi connectivity index (χ1) is 17.2. The summed E-state index contributed by atoms with van der Waals surface area (Å²) >= 11 is 1.56. The van der Waals surface area contributed by atoms with E-state index in [1.807, 2.05) is 91.0 Å². The molecule has 0 aliphatic heterocycles. The fourth-order valence-electron chi connectivity index (χ4n) is 4.73. The van der Waals surface area contributed by atoms with E-state index in [1.54, 1.807) is 11.3 Å². The molecular formula is C30H28N2O2S. The van der Waals surface area contributed by atoms with Gasteiger partial charge in [-0.3, -0.25) is 9.59 Å². The molecule has 0 saturated carbocycles. The highest BCUT2D eigenvalue weighted by molar-refractivity contribution is 7.17. The van der Waals surface area contributed by atoms with Crippen LogP contribution in [-0.2, 0) is 24.2 Å². The molecule has 0 bridgehead atoms. The van der Waals surface area contributed by atoms with Crippen LogP contribution in [0.3, 0.4) is 0 Å². The van der Waals surface area contributed by atoms with E-state index < -0.39 is 5.92 Å². The van der Waals surface area contributed by atoms with Crippen molar-refractivity contribution in [1.29, 1.82) is 0 Å². The maximum Gasteiger partial charge on any atom is 0.254 e. The van der Waals surface area contributed by atoms with E-state index in [0.717, 1.165) is 47.9 Å². The minimum absolute atomic E-state index is 0.125. The number of aryl methyl sites for hydroxylation is 1. The molecule has 176 valence electrons. The van der Waals surface area contributed by atoms with Gasteiger partial charge in [0, 0.05) is 11.4 Å². The van der Waals surface area contributed by atoms with Crippen molar-refractivity contribution in [1.82, 2.24) is 5.32 Å². The van der Waals surface area contributed by atoms with Crippen LogP contribution in [0.2, 0.25) is 0 Å². The Balaban J connectivity index is 1.45. The fourth-order valence-corrected chi connectivity index (χ4v) is 6.02. The van der Waals surface area contributed by atoms with Gasteiger partial charge >= 0.3 is 0 Å². The van der Waals surface area contributed by atoms with Crippen LogP contribution >= 0.6 is 11.3 Å². The average molecular weight is 481 g/mol. The zero-order valence-corrected chi connectivity index (χ0v) is 20.3. The zero-order valence-electron chi connectivity index (χ0n) is 19.5. The Morgan fingerprint density at radius 2 is 1.34 bits per heavy atom. The van der Waals surface area contributed by atoms with Gasteiger partial charge in [0.1, 0.15) is 5.00 Å². The Kier molecular flexibility index (Phi) is 7.05. The van der Waals surface area contributed by atoms with Crippen molar-refractivity contribution in [2.45, 2.75) is 38.1 Å². The minimum atomic E-state index is -0.461. The van der Waals surface area contributed by atoms with Gasteiger partial charge in [-0.05, 0) is 47.9 Å². The van der Waals surface area contributed by atoms with E-state index in [9.17, 15) is 9.59 Å². The van der Waals surface area contributed by atoms with Gasteiger partial charge in [0.05, 0.1) is 11.5 Å². The third-order valence-electron chi connectivity index (χ3n) is 6.46. The summed E-state index contributed by atoms with van der Waals surface area (Å²) in [6.07, 6.45) is 4.00. The Morgan fingerprint density at radius 3 is 1.97 bits per heavy atom. The quantitative estimate of drug-likeness (QED) is 0.325. The van der Waals surface area contributed by atoms with Crippen molar-refractivity contribution in [3.8, 4) is 0 Å². The van der Waals surface area contributed by atoms with Crippen molar-refractivity contribution < 1.29 is 9.59 Å². The van der Waals surface area contributed by atoms with Gasteiger partial charge in [0.25, 0.3) is 5.91 Å². The summed E-state index contributed by atoms with van der Waals surface area (Å²) < 4.78 is 0. The molecule has 5 rings (SSSR count). The number of hydrogen-bond acceptors (Lipinski definition) is 3. The number of benzene rings is 3. The van der Waals surface area contributed by atoms with Gasteiger partial charge in [0.15, 0.2) is 0 Å². The Morgan fingerprint density at radius 1 is 0.771 bits per heavy atom. The number of carbonyl (C=O) groups is 2. The Hall–Kier alpha value is -3.70. The van der Waals surface area contributed by atoms with E-state index in [0.29, 0.717) is 17.1 Å². The molecule has 0 spiro atoms. The summed E-state index contributed by atoms with van der Waals surface area (Å²) in [5.41, 5.74) is 4.62. The van der Waals surface area contributed by atoms with Gasteiger partial charge in [-0.25, -0.2) is 0 Å². The van der Waals surface area contributed by atoms with Crippen LogP contribution in [0.15, 0.2) is 91.0 Å². The van der Waals surface area contributed by atoms with Crippen LogP contribution in [0.1, 0.15) is 56.2 Å². The van der Waals surface area contributed by atoms with E-state index in [-0.39, 0.29) is 11.8 Å². The summed E-state index contributed by atoms with van der Waals surface area (Å²) in [4.78, 5) is 28.4. The molecule has 3 aromatic carbocycles. The SMILES string of the molecule is O=C(NCc1ccccc1)c1c(NC(=O)C(c2ccccc2)c2ccccc2)sc2c1CCCC2. The maximum absolute atomic E-state index is 13.7.